The van der Waals surface area contributed by atoms with E-state index in [1.54, 1.807) is 6.92 Å². The first kappa shape index (κ1) is 13.9. The molecule has 1 N–H and O–H groups in total. The van der Waals surface area contributed by atoms with Gasteiger partial charge in [-0.3, -0.25) is 0 Å². The van der Waals surface area contributed by atoms with Gasteiger partial charge in [0.2, 0.25) is 0 Å². The highest BCUT2D eigenvalue weighted by Gasteiger charge is 2.18. The standard InChI is InChI=1S/C10H12O6/c1-4-7(6(3)9(12)13)10(14)16-15-8(11)5-2/h5H,2,4H2,1,3H3,(H,12,13)/b7-6-. The summed E-state index contributed by atoms with van der Waals surface area (Å²) in [6.45, 7) is 5.94. The van der Waals surface area contributed by atoms with Crippen molar-refractivity contribution in [1.82, 2.24) is 0 Å². The number of carbonyl (C=O) groups excluding carboxylic acids is 2. The molecular formula is C10H12O6. The summed E-state index contributed by atoms with van der Waals surface area (Å²) < 4.78 is 0. The van der Waals surface area contributed by atoms with Crippen LogP contribution in [0.1, 0.15) is 20.3 Å². The summed E-state index contributed by atoms with van der Waals surface area (Å²) in [6, 6.07) is 0. The third-order valence-electron chi connectivity index (χ3n) is 1.74. The van der Waals surface area contributed by atoms with Crippen molar-refractivity contribution in [2.24, 2.45) is 0 Å². The smallest absolute Gasteiger partial charge is 0.382 e. The fraction of sp³-hybridized carbons (Fsp3) is 0.300. The number of carboxylic acids is 1. The number of hydrogen-bond acceptors (Lipinski definition) is 5. The summed E-state index contributed by atoms with van der Waals surface area (Å²) in [6.07, 6.45) is 0.968. The minimum Gasteiger partial charge on any atom is -0.478 e. The van der Waals surface area contributed by atoms with Gasteiger partial charge in [0.15, 0.2) is 0 Å². The minimum absolute atomic E-state index is 0.0654. The van der Waals surface area contributed by atoms with Gasteiger partial charge in [-0.15, -0.1) is 0 Å². The molecule has 0 aliphatic carbocycles. The molecule has 0 heterocycles. The maximum Gasteiger partial charge on any atom is 0.382 e. The van der Waals surface area contributed by atoms with Crippen molar-refractivity contribution in [2.45, 2.75) is 20.3 Å². The van der Waals surface area contributed by atoms with Crippen LogP contribution in [-0.2, 0) is 24.2 Å². The molecule has 0 rings (SSSR count). The molecule has 0 saturated carbocycles. The molecule has 0 bridgehead atoms. The van der Waals surface area contributed by atoms with E-state index in [1.807, 2.05) is 0 Å². The van der Waals surface area contributed by atoms with Crippen molar-refractivity contribution in [3.63, 3.8) is 0 Å². The van der Waals surface area contributed by atoms with E-state index in [2.05, 4.69) is 16.4 Å². The highest BCUT2D eigenvalue weighted by Crippen LogP contribution is 2.11. The first-order valence-corrected chi connectivity index (χ1v) is 4.42. The molecule has 0 atom stereocenters. The van der Waals surface area contributed by atoms with Crippen LogP contribution in [0.15, 0.2) is 23.8 Å². The van der Waals surface area contributed by atoms with Crippen molar-refractivity contribution < 1.29 is 29.3 Å². The van der Waals surface area contributed by atoms with Gasteiger partial charge in [-0.05, 0) is 13.3 Å². The molecule has 6 heteroatoms. The molecule has 0 saturated heterocycles. The Morgan fingerprint density at radius 3 is 2.25 bits per heavy atom. The lowest BCUT2D eigenvalue weighted by Crippen LogP contribution is -2.15. The summed E-state index contributed by atoms with van der Waals surface area (Å²) >= 11 is 0. The average Bonchev–Trinajstić information content (AvgIpc) is 2.26. The second-order valence-electron chi connectivity index (χ2n) is 2.74. The van der Waals surface area contributed by atoms with E-state index in [4.69, 9.17) is 5.11 Å². The number of carboxylic acid groups (broad SMARTS) is 1. The Morgan fingerprint density at radius 2 is 1.88 bits per heavy atom. The van der Waals surface area contributed by atoms with Crippen LogP contribution in [0.5, 0.6) is 0 Å². The Bertz CT molecular complexity index is 352. The molecule has 0 aliphatic heterocycles. The van der Waals surface area contributed by atoms with Crippen LogP contribution in [0.4, 0.5) is 0 Å². The monoisotopic (exact) mass is 228 g/mol. The van der Waals surface area contributed by atoms with Crippen LogP contribution in [-0.4, -0.2) is 23.0 Å². The van der Waals surface area contributed by atoms with Gasteiger partial charge in [0.25, 0.3) is 0 Å². The van der Waals surface area contributed by atoms with E-state index < -0.39 is 17.9 Å². The van der Waals surface area contributed by atoms with Crippen LogP contribution in [0.25, 0.3) is 0 Å². The van der Waals surface area contributed by atoms with Gasteiger partial charge in [0, 0.05) is 11.6 Å². The van der Waals surface area contributed by atoms with Crippen molar-refractivity contribution >= 4 is 17.9 Å². The van der Waals surface area contributed by atoms with Gasteiger partial charge < -0.3 is 5.11 Å². The third-order valence-corrected chi connectivity index (χ3v) is 1.74. The quantitative estimate of drug-likeness (QED) is 0.438. The van der Waals surface area contributed by atoms with Crippen LogP contribution in [0, 0.1) is 0 Å². The van der Waals surface area contributed by atoms with E-state index in [0.29, 0.717) is 0 Å². The normalized spacial score (nSPS) is 11.1. The Balaban J connectivity index is 4.68. The number of carbonyl (C=O) groups is 3. The van der Waals surface area contributed by atoms with Crippen LogP contribution < -0.4 is 0 Å². The maximum absolute atomic E-state index is 11.3. The van der Waals surface area contributed by atoms with Crippen LogP contribution in [0.3, 0.4) is 0 Å². The lowest BCUT2D eigenvalue weighted by molar-refractivity contribution is -0.251. The Kier molecular flexibility index (Phi) is 5.55. The van der Waals surface area contributed by atoms with E-state index in [-0.39, 0.29) is 17.6 Å². The molecule has 0 fully saturated rings. The van der Waals surface area contributed by atoms with Crippen molar-refractivity contribution in [3.8, 4) is 0 Å². The zero-order valence-electron chi connectivity index (χ0n) is 8.98. The van der Waals surface area contributed by atoms with Gasteiger partial charge in [0.05, 0.1) is 5.57 Å². The van der Waals surface area contributed by atoms with E-state index >= 15 is 0 Å². The fourth-order valence-electron chi connectivity index (χ4n) is 0.855. The molecular weight excluding hydrogens is 216 g/mol. The fourth-order valence-corrected chi connectivity index (χ4v) is 0.855. The van der Waals surface area contributed by atoms with E-state index in [9.17, 15) is 14.4 Å². The molecule has 6 nitrogen and oxygen atoms in total. The number of hydrogen-bond donors (Lipinski definition) is 1. The first-order chi connectivity index (χ1) is 7.43. The first-order valence-electron chi connectivity index (χ1n) is 4.42. The molecule has 88 valence electrons. The molecule has 0 amide bonds. The summed E-state index contributed by atoms with van der Waals surface area (Å²) in [7, 11) is 0. The Hall–Kier alpha value is -2.11. The molecule has 0 aliphatic rings. The Labute approximate surface area is 92.1 Å². The predicted molar refractivity (Wildman–Crippen MR) is 53.0 cm³/mol. The lowest BCUT2D eigenvalue weighted by Gasteiger charge is -2.05. The summed E-state index contributed by atoms with van der Waals surface area (Å²) in [5.74, 6) is -3.17. The van der Waals surface area contributed by atoms with Crippen molar-refractivity contribution in [2.75, 3.05) is 0 Å². The molecule has 16 heavy (non-hydrogen) atoms. The lowest BCUT2D eigenvalue weighted by atomic mass is 10.1. The molecule has 0 spiro atoms. The highest BCUT2D eigenvalue weighted by atomic mass is 17.2. The predicted octanol–water partition coefficient (Wildman–Crippen LogP) is 0.985. The van der Waals surface area contributed by atoms with Crippen molar-refractivity contribution in [1.29, 1.82) is 0 Å². The molecule has 0 aromatic rings. The van der Waals surface area contributed by atoms with Gasteiger partial charge in [0.1, 0.15) is 0 Å². The second kappa shape index (κ2) is 6.39. The molecule has 0 aromatic heterocycles. The van der Waals surface area contributed by atoms with Crippen LogP contribution >= 0.6 is 0 Å². The van der Waals surface area contributed by atoms with Crippen LogP contribution in [0.2, 0.25) is 0 Å². The summed E-state index contributed by atoms with van der Waals surface area (Å²) in [5, 5.41) is 8.67. The molecule has 0 radical (unpaired) electrons. The largest absolute Gasteiger partial charge is 0.478 e. The van der Waals surface area contributed by atoms with E-state index in [1.165, 1.54) is 6.92 Å². The number of rotatable bonds is 4. The highest BCUT2D eigenvalue weighted by molar-refractivity contribution is 5.99. The number of aliphatic carboxylic acids is 1. The third kappa shape index (κ3) is 3.95. The Morgan fingerprint density at radius 1 is 1.31 bits per heavy atom. The average molecular weight is 228 g/mol. The van der Waals surface area contributed by atoms with E-state index in [0.717, 1.165) is 6.08 Å². The van der Waals surface area contributed by atoms with Gasteiger partial charge in [-0.2, -0.15) is 0 Å². The second-order valence-corrected chi connectivity index (χ2v) is 2.74. The summed E-state index contributed by atoms with van der Waals surface area (Å²) in [4.78, 5) is 40.6. The summed E-state index contributed by atoms with van der Waals surface area (Å²) in [5.41, 5.74) is -0.216. The zero-order valence-corrected chi connectivity index (χ0v) is 8.98. The maximum atomic E-state index is 11.3. The van der Waals surface area contributed by atoms with Crippen molar-refractivity contribution in [3.05, 3.63) is 23.8 Å². The minimum atomic E-state index is -1.23. The SMILES string of the molecule is C=CC(=O)OOC(=O)/C(CC)=C(/C)C(=O)O. The molecule has 0 aromatic carbocycles. The van der Waals surface area contributed by atoms with Gasteiger partial charge >= 0.3 is 17.9 Å². The zero-order chi connectivity index (χ0) is 12.7. The molecule has 0 unspecified atom stereocenters. The topological polar surface area (TPSA) is 89.9 Å². The van der Waals surface area contributed by atoms with Gasteiger partial charge in [-0.25, -0.2) is 24.2 Å². The van der Waals surface area contributed by atoms with Gasteiger partial charge in [-0.1, -0.05) is 13.5 Å².